The molecule has 4 N–H and O–H groups in total. The molecule has 0 spiro atoms. The van der Waals surface area contributed by atoms with Gasteiger partial charge < -0.3 is 11.1 Å². The van der Waals surface area contributed by atoms with Crippen LogP contribution >= 0.6 is 11.3 Å². The summed E-state index contributed by atoms with van der Waals surface area (Å²) in [7, 11) is 0. The smallest absolute Gasteiger partial charge is 0.231 e. The fourth-order valence-electron chi connectivity index (χ4n) is 3.04. The van der Waals surface area contributed by atoms with Gasteiger partial charge in [-0.15, -0.1) is 11.3 Å². The summed E-state index contributed by atoms with van der Waals surface area (Å²) in [6, 6.07) is 4.00. The van der Waals surface area contributed by atoms with Crippen LogP contribution in [0.5, 0.6) is 0 Å². The number of rotatable bonds is 6. The van der Waals surface area contributed by atoms with E-state index in [9.17, 15) is 9.59 Å². The first-order valence-corrected chi connectivity index (χ1v) is 8.86. The van der Waals surface area contributed by atoms with Crippen LogP contribution in [0.15, 0.2) is 23.7 Å². The monoisotopic (exact) mass is 347 g/mol. The summed E-state index contributed by atoms with van der Waals surface area (Å²) in [6.07, 6.45) is 3.48. The lowest BCUT2D eigenvalue weighted by atomic mass is 9.97. The zero-order valence-electron chi connectivity index (χ0n) is 13.3. The molecule has 0 aromatic carbocycles. The lowest BCUT2D eigenvalue weighted by molar-refractivity contribution is -0.128. The second-order valence-corrected chi connectivity index (χ2v) is 6.95. The van der Waals surface area contributed by atoms with Crippen LogP contribution < -0.4 is 11.1 Å². The SMILES string of the molecule is NC(=O)CN1CCC[C@H](C(=O)NCc2cn[nH]c2-c2cccs2)C1. The summed E-state index contributed by atoms with van der Waals surface area (Å²) >= 11 is 1.63. The van der Waals surface area contributed by atoms with E-state index < -0.39 is 0 Å². The van der Waals surface area contributed by atoms with Crippen LogP contribution in [0, 0.1) is 5.92 Å². The minimum atomic E-state index is -0.352. The maximum atomic E-state index is 12.4. The number of carbonyl (C=O) groups is 2. The van der Waals surface area contributed by atoms with Gasteiger partial charge in [-0.3, -0.25) is 19.6 Å². The zero-order valence-corrected chi connectivity index (χ0v) is 14.1. The van der Waals surface area contributed by atoms with E-state index in [0.29, 0.717) is 13.1 Å². The molecule has 1 aliphatic heterocycles. The van der Waals surface area contributed by atoms with Crippen LogP contribution in [0.1, 0.15) is 18.4 Å². The van der Waals surface area contributed by atoms with E-state index in [2.05, 4.69) is 15.5 Å². The minimum Gasteiger partial charge on any atom is -0.369 e. The van der Waals surface area contributed by atoms with Gasteiger partial charge in [0.15, 0.2) is 0 Å². The highest BCUT2D eigenvalue weighted by Crippen LogP contribution is 2.25. The molecule has 0 saturated carbocycles. The average molecular weight is 347 g/mol. The molecule has 8 heteroatoms. The third-order valence-electron chi connectivity index (χ3n) is 4.19. The molecule has 2 aromatic heterocycles. The number of likely N-dealkylation sites (tertiary alicyclic amines) is 1. The van der Waals surface area contributed by atoms with Crippen LogP contribution in [0.25, 0.3) is 10.6 Å². The third-order valence-corrected chi connectivity index (χ3v) is 5.08. The van der Waals surface area contributed by atoms with Crippen LogP contribution in [-0.2, 0) is 16.1 Å². The first-order chi connectivity index (χ1) is 11.6. The Kier molecular flexibility index (Phi) is 5.27. The number of hydrogen-bond donors (Lipinski definition) is 3. The predicted octanol–water partition coefficient (Wildman–Crippen LogP) is 0.952. The lowest BCUT2D eigenvalue weighted by Gasteiger charge is -2.30. The number of primary amides is 1. The zero-order chi connectivity index (χ0) is 16.9. The molecule has 0 bridgehead atoms. The molecular formula is C16H21N5O2S. The topological polar surface area (TPSA) is 104 Å². The molecule has 2 amide bonds. The van der Waals surface area contributed by atoms with Crippen molar-refractivity contribution >= 4 is 23.2 Å². The Hall–Kier alpha value is -2.19. The molecule has 128 valence electrons. The Morgan fingerprint density at radius 2 is 2.38 bits per heavy atom. The number of nitrogens with one attached hydrogen (secondary N) is 2. The van der Waals surface area contributed by atoms with Crippen LogP contribution in [0.2, 0.25) is 0 Å². The highest BCUT2D eigenvalue weighted by Gasteiger charge is 2.26. The summed E-state index contributed by atoms with van der Waals surface area (Å²) in [5.41, 5.74) is 7.16. The number of nitrogens with zero attached hydrogens (tertiary/aromatic N) is 2. The molecule has 0 unspecified atom stereocenters. The molecule has 1 aliphatic rings. The van der Waals surface area contributed by atoms with E-state index in [0.717, 1.165) is 35.5 Å². The van der Waals surface area contributed by atoms with Crippen molar-refractivity contribution in [1.82, 2.24) is 20.4 Å². The lowest BCUT2D eigenvalue weighted by Crippen LogP contribution is -2.45. The molecule has 1 fully saturated rings. The third kappa shape index (κ3) is 4.01. The van der Waals surface area contributed by atoms with Gasteiger partial charge in [0.05, 0.1) is 29.2 Å². The highest BCUT2D eigenvalue weighted by atomic mass is 32.1. The molecule has 3 heterocycles. The second kappa shape index (κ2) is 7.59. The molecule has 2 aromatic rings. The van der Waals surface area contributed by atoms with Crippen LogP contribution in [0.3, 0.4) is 0 Å². The Bertz CT molecular complexity index is 697. The van der Waals surface area contributed by atoms with Crippen molar-refractivity contribution in [1.29, 1.82) is 0 Å². The summed E-state index contributed by atoms with van der Waals surface area (Å²) in [5.74, 6) is -0.437. The van der Waals surface area contributed by atoms with Gasteiger partial charge in [-0.2, -0.15) is 5.10 Å². The van der Waals surface area contributed by atoms with E-state index >= 15 is 0 Å². The number of aromatic nitrogens is 2. The normalized spacial score (nSPS) is 18.4. The van der Waals surface area contributed by atoms with Crippen molar-refractivity contribution in [2.75, 3.05) is 19.6 Å². The Morgan fingerprint density at radius 1 is 1.50 bits per heavy atom. The maximum Gasteiger partial charge on any atom is 0.231 e. The Morgan fingerprint density at radius 3 is 3.12 bits per heavy atom. The van der Waals surface area contributed by atoms with E-state index in [-0.39, 0.29) is 24.3 Å². The van der Waals surface area contributed by atoms with Crippen molar-refractivity contribution in [2.45, 2.75) is 19.4 Å². The first-order valence-electron chi connectivity index (χ1n) is 7.98. The summed E-state index contributed by atoms with van der Waals surface area (Å²) in [4.78, 5) is 26.5. The predicted molar refractivity (Wildman–Crippen MR) is 92.1 cm³/mol. The molecule has 1 saturated heterocycles. The van der Waals surface area contributed by atoms with Crippen molar-refractivity contribution < 1.29 is 9.59 Å². The first kappa shape index (κ1) is 16.7. The van der Waals surface area contributed by atoms with E-state index in [4.69, 9.17) is 5.73 Å². The maximum absolute atomic E-state index is 12.4. The van der Waals surface area contributed by atoms with E-state index in [1.165, 1.54) is 0 Å². The number of H-pyrrole nitrogens is 1. The van der Waals surface area contributed by atoms with Gasteiger partial charge in [0.2, 0.25) is 11.8 Å². The molecular weight excluding hydrogens is 326 g/mol. The molecule has 24 heavy (non-hydrogen) atoms. The van der Waals surface area contributed by atoms with Gasteiger partial charge in [-0.1, -0.05) is 6.07 Å². The molecule has 7 nitrogen and oxygen atoms in total. The minimum absolute atomic E-state index is 0.0162. The summed E-state index contributed by atoms with van der Waals surface area (Å²) < 4.78 is 0. The van der Waals surface area contributed by atoms with Gasteiger partial charge in [0, 0.05) is 18.7 Å². The number of nitrogens with two attached hydrogens (primary N) is 1. The standard InChI is InChI=1S/C16H21N5O2S/c17-14(22)10-21-5-1-3-11(9-21)16(23)18-7-12-8-19-20-15(12)13-4-2-6-24-13/h2,4,6,8,11H,1,3,5,7,9-10H2,(H2,17,22)(H,18,23)(H,19,20)/t11-/m0/s1. The molecule has 3 rings (SSSR count). The number of amides is 2. The van der Waals surface area contributed by atoms with Gasteiger partial charge in [0.1, 0.15) is 0 Å². The fourth-order valence-corrected chi connectivity index (χ4v) is 3.79. The number of aromatic amines is 1. The van der Waals surface area contributed by atoms with Crippen molar-refractivity contribution in [3.63, 3.8) is 0 Å². The van der Waals surface area contributed by atoms with Crippen molar-refractivity contribution in [2.24, 2.45) is 11.7 Å². The summed E-state index contributed by atoms with van der Waals surface area (Å²) in [6.45, 7) is 2.05. The summed E-state index contributed by atoms with van der Waals surface area (Å²) in [5, 5.41) is 12.1. The number of carbonyl (C=O) groups excluding carboxylic acids is 2. The fraction of sp³-hybridized carbons (Fsp3) is 0.438. The van der Waals surface area contributed by atoms with Gasteiger partial charge in [-0.05, 0) is 30.8 Å². The largest absolute Gasteiger partial charge is 0.369 e. The Labute approximate surface area is 144 Å². The van der Waals surface area contributed by atoms with E-state index in [1.807, 2.05) is 22.4 Å². The molecule has 0 radical (unpaired) electrons. The van der Waals surface area contributed by atoms with Crippen molar-refractivity contribution in [3.05, 3.63) is 29.3 Å². The van der Waals surface area contributed by atoms with Gasteiger partial charge >= 0.3 is 0 Å². The number of piperidine rings is 1. The van der Waals surface area contributed by atoms with Crippen molar-refractivity contribution in [3.8, 4) is 10.6 Å². The highest BCUT2D eigenvalue weighted by molar-refractivity contribution is 7.13. The quantitative estimate of drug-likeness (QED) is 0.724. The Balaban J connectivity index is 1.56. The van der Waals surface area contributed by atoms with Gasteiger partial charge in [-0.25, -0.2) is 0 Å². The van der Waals surface area contributed by atoms with Crippen LogP contribution in [0.4, 0.5) is 0 Å². The van der Waals surface area contributed by atoms with E-state index in [1.54, 1.807) is 17.5 Å². The number of hydrogen-bond acceptors (Lipinski definition) is 5. The molecule has 0 aliphatic carbocycles. The molecule has 1 atom stereocenters. The average Bonchev–Trinajstić information content (AvgIpc) is 3.23. The van der Waals surface area contributed by atoms with Crippen LogP contribution in [-0.4, -0.2) is 46.5 Å². The number of thiophene rings is 1. The van der Waals surface area contributed by atoms with Gasteiger partial charge in [0.25, 0.3) is 0 Å². The second-order valence-electron chi connectivity index (χ2n) is 6.01.